The van der Waals surface area contributed by atoms with Gasteiger partial charge < -0.3 is 4.74 Å². The van der Waals surface area contributed by atoms with Crippen LogP contribution in [0.25, 0.3) is 11.4 Å². The first-order valence-electron chi connectivity index (χ1n) is 6.63. The van der Waals surface area contributed by atoms with E-state index in [0.717, 1.165) is 28.1 Å². The summed E-state index contributed by atoms with van der Waals surface area (Å²) in [4.78, 5) is 9.03. The number of hydrogen-bond acceptors (Lipinski definition) is 3. The number of hydrogen-bond donors (Lipinski definition) is 0. The van der Waals surface area contributed by atoms with E-state index in [-0.39, 0.29) is 0 Å². The maximum Gasteiger partial charge on any atom is 0.164 e. The second-order valence-electron chi connectivity index (χ2n) is 5.20. The van der Waals surface area contributed by atoms with Crippen molar-refractivity contribution in [3.8, 4) is 17.1 Å². The average molecular weight is 291 g/mol. The number of aryl methyl sites for hydroxylation is 2. The van der Waals surface area contributed by atoms with Gasteiger partial charge in [-0.15, -0.1) is 0 Å². The van der Waals surface area contributed by atoms with Crippen molar-refractivity contribution >= 4 is 11.6 Å². The maximum atomic E-state index is 6.31. The van der Waals surface area contributed by atoms with Crippen molar-refractivity contribution in [2.45, 2.75) is 33.6 Å². The van der Waals surface area contributed by atoms with Gasteiger partial charge in [0.1, 0.15) is 10.9 Å². The standard InChI is InChI=1S/C16H19ClN2O/c1-9(2)14-11(4)18-16(19-15(14)17)12-7-6-10(3)8-13(12)20-5/h6-9H,1-5H3. The Morgan fingerprint density at radius 1 is 1.15 bits per heavy atom. The molecule has 3 nitrogen and oxygen atoms in total. The van der Waals surface area contributed by atoms with Crippen LogP contribution in [0, 0.1) is 13.8 Å². The van der Waals surface area contributed by atoms with E-state index in [9.17, 15) is 0 Å². The maximum absolute atomic E-state index is 6.31. The van der Waals surface area contributed by atoms with Crippen molar-refractivity contribution < 1.29 is 4.74 Å². The fraction of sp³-hybridized carbons (Fsp3) is 0.375. The van der Waals surface area contributed by atoms with E-state index >= 15 is 0 Å². The van der Waals surface area contributed by atoms with Gasteiger partial charge in [-0.05, 0) is 37.5 Å². The van der Waals surface area contributed by atoms with Crippen molar-refractivity contribution in [1.29, 1.82) is 0 Å². The fourth-order valence-electron chi connectivity index (χ4n) is 2.31. The lowest BCUT2D eigenvalue weighted by atomic mass is 10.0. The number of methoxy groups -OCH3 is 1. The molecule has 2 aromatic rings. The molecule has 0 aliphatic heterocycles. The van der Waals surface area contributed by atoms with E-state index in [4.69, 9.17) is 16.3 Å². The average Bonchev–Trinajstić information content (AvgIpc) is 2.37. The van der Waals surface area contributed by atoms with E-state index in [1.165, 1.54) is 0 Å². The van der Waals surface area contributed by atoms with Crippen molar-refractivity contribution in [3.05, 3.63) is 40.2 Å². The largest absolute Gasteiger partial charge is 0.496 e. The molecular formula is C16H19ClN2O. The molecule has 2 rings (SSSR count). The SMILES string of the molecule is COc1cc(C)ccc1-c1nc(C)c(C(C)C)c(Cl)n1. The van der Waals surface area contributed by atoms with Crippen LogP contribution < -0.4 is 4.74 Å². The Hall–Kier alpha value is -1.61. The van der Waals surface area contributed by atoms with Gasteiger partial charge in [-0.1, -0.05) is 31.5 Å². The molecule has 0 bridgehead atoms. The van der Waals surface area contributed by atoms with Crippen LogP contribution in [-0.2, 0) is 0 Å². The Morgan fingerprint density at radius 3 is 2.40 bits per heavy atom. The summed E-state index contributed by atoms with van der Waals surface area (Å²) in [5.41, 5.74) is 3.91. The molecule has 0 radical (unpaired) electrons. The van der Waals surface area contributed by atoms with E-state index in [0.29, 0.717) is 16.9 Å². The highest BCUT2D eigenvalue weighted by molar-refractivity contribution is 6.30. The van der Waals surface area contributed by atoms with Gasteiger partial charge in [0.05, 0.1) is 12.7 Å². The van der Waals surface area contributed by atoms with Crippen molar-refractivity contribution in [2.24, 2.45) is 0 Å². The first kappa shape index (κ1) is 14.8. The minimum Gasteiger partial charge on any atom is -0.496 e. The first-order valence-corrected chi connectivity index (χ1v) is 7.01. The van der Waals surface area contributed by atoms with E-state index in [1.807, 2.05) is 32.0 Å². The van der Waals surface area contributed by atoms with Gasteiger partial charge in [-0.25, -0.2) is 9.97 Å². The Bertz CT molecular complexity index is 615. The second-order valence-corrected chi connectivity index (χ2v) is 5.55. The second kappa shape index (κ2) is 5.80. The zero-order valence-corrected chi connectivity index (χ0v) is 13.2. The van der Waals surface area contributed by atoms with Crippen LogP contribution in [0.5, 0.6) is 5.75 Å². The van der Waals surface area contributed by atoms with E-state index < -0.39 is 0 Å². The molecule has 0 saturated heterocycles. The van der Waals surface area contributed by atoms with Crippen LogP contribution in [-0.4, -0.2) is 17.1 Å². The molecule has 0 fully saturated rings. The van der Waals surface area contributed by atoms with Crippen LogP contribution in [0.3, 0.4) is 0 Å². The summed E-state index contributed by atoms with van der Waals surface area (Å²) in [5, 5.41) is 0.519. The Balaban J connectivity index is 2.60. The summed E-state index contributed by atoms with van der Waals surface area (Å²) in [6, 6.07) is 5.95. The number of benzene rings is 1. The summed E-state index contributed by atoms with van der Waals surface area (Å²) in [7, 11) is 1.65. The normalized spacial score (nSPS) is 10.9. The molecule has 1 heterocycles. The highest BCUT2D eigenvalue weighted by atomic mass is 35.5. The molecular weight excluding hydrogens is 272 g/mol. The quantitative estimate of drug-likeness (QED) is 0.778. The zero-order valence-electron chi connectivity index (χ0n) is 12.5. The molecule has 0 unspecified atom stereocenters. The summed E-state index contributed by atoms with van der Waals surface area (Å²) in [6.45, 7) is 8.16. The third-order valence-corrected chi connectivity index (χ3v) is 3.55. The minimum atomic E-state index is 0.302. The van der Waals surface area contributed by atoms with E-state index in [1.54, 1.807) is 7.11 Å². The third kappa shape index (κ3) is 2.78. The zero-order chi connectivity index (χ0) is 14.9. The van der Waals surface area contributed by atoms with Gasteiger partial charge in [0.15, 0.2) is 5.82 Å². The predicted octanol–water partition coefficient (Wildman–Crippen LogP) is 4.55. The number of nitrogens with zero attached hydrogens (tertiary/aromatic N) is 2. The lowest BCUT2D eigenvalue weighted by Crippen LogP contribution is -2.02. The van der Waals surface area contributed by atoms with Gasteiger partial charge in [0.25, 0.3) is 0 Å². The number of halogens is 1. The lowest BCUT2D eigenvalue weighted by Gasteiger charge is -2.14. The highest BCUT2D eigenvalue weighted by Crippen LogP contribution is 2.32. The molecule has 1 aromatic heterocycles. The van der Waals surface area contributed by atoms with Crippen molar-refractivity contribution in [3.63, 3.8) is 0 Å². The van der Waals surface area contributed by atoms with E-state index in [2.05, 4.69) is 23.8 Å². The molecule has 0 saturated carbocycles. The van der Waals surface area contributed by atoms with Gasteiger partial charge >= 0.3 is 0 Å². The first-order chi connectivity index (χ1) is 9.43. The van der Waals surface area contributed by atoms with Crippen LogP contribution in [0.4, 0.5) is 0 Å². The molecule has 0 N–H and O–H groups in total. The summed E-state index contributed by atoms with van der Waals surface area (Å²) < 4.78 is 5.41. The molecule has 0 aliphatic carbocycles. The van der Waals surface area contributed by atoms with Gasteiger partial charge in [0.2, 0.25) is 0 Å². The molecule has 1 aromatic carbocycles. The molecule has 4 heteroatoms. The summed E-state index contributed by atoms with van der Waals surface area (Å²) >= 11 is 6.31. The van der Waals surface area contributed by atoms with Crippen LogP contribution in [0.2, 0.25) is 5.15 Å². The van der Waals surface area contributed by atoms with Crippen molar-refractivity contribution in [1.82, 2.24) is 9.97 Å². The Kier molecular flexibility index (Phi) is 4.29. The lowest BCUT2D eigenvalue weighted by molar-refractivity contribution is 0.416. The van der Waals surface area contributed by atoms with Crippen molar-refractivity contribution in [2.75, 3.05) is 7.11 Å². The molecule has 106 valence electrons. The van der Waals surface area contributed by atoms with Crippen LogP contribution >= 0.6 is 11.6 Å². The smallest absolute Gasteiger partial charge is 0.164 e. The Morgan fingerprint density at radius 2 is 1.85 bits per heavy atom. The predicted molar refractivity (Wildman–Crippen MR) is 82.6 cm³/mol. The van der Waals surface area contributed by atoms with Gasteiger partial charge in [-0.2, -0.15) is 0 Å². The molecule has 0 atom stereocenters. The number of rotatable bonds is 3. The molecule has 0 aliphatic rings. The minimum absolute atomic E-state index is 0.302. The van der Waals surface area contributed by atoms with Gasteiger partial charge in [0, 0.05) is 11.3 Å². The molecule has 0 spiro atoms. The van der Waals surface area contributed by atoms with Gasteiger partial charge in [-0.3, -0.25) is 0 Å². The molecule has 20 heavy (non-hydrogen) atoms. The topological polar surface area (TPSA) is 35.0 Å². The van der Waals surface area contributed by atoms with Crippen LogP contribution in [0.15, 0.2) is 18.2 Å². The Labute approximate surface area is 125 Å². The highest BCUT2D eigenvalue weighted by Gasteiger charge is 2.16. The number of aromatic nitrogens is 2. The summed E-state index contributed by atoms with van der Waals surface area (Å²) in [6.07, 6.45) is 0. The summed E-state index contributed by atoms with van der Waals surface area (Å²) in [5.74, 6) is 1.67. The van der Waals surface area contributed by atoms with Crippen LogP contribution in [0.1, 0.15) is 36.6 Å². The third-order valence-electron chi connectivity index (χ3n) is 3.26. The fourth-order valence-corrected chi connectivity index (χ4v) is 2.74. The monoisotopic (exact) mass is 290 g/mol. The molecule has 0 amide bonds. The number of ether oxygens (including phenoxy) is 1.